The van der Waals surface area contributed by atoms with Crippen LogP contribution in [0.2, 0.25) is 0 Å². The van der Waals surface area contributed by atoms with Gasteiger partial charge in [0.25, 0.3) is 0 Å². The van der Waals surface area contributed by atoms with Gasteiger partial charge >= 0.3 is 5.97 Å². The van der Waals surface area contributed by atoms with E-state index in [0.717, 1.165) is 25.9 Å². The van der Waals surface area contributed by atoms with Crippen LogP contribution in [-0.4, -0.2) is 84.5 Å². The third kappa shape index (κ3) is 4.41. The monoisotopic (exact) mass is 297 g/mol. The van der Waals surface area contributed by atoms with Crippen LogP contribution < -0.4 is 0 Å². The Morgan fingerprint density at radius 1 is 1.05 bits per heavy atom. The smallest absolute Gasteiger partial charge is 0.306 e. The van der Waals surface area contributed by atoms with E-state index in [-0.39, 0.29) is 11.8 Å². The van der Waals surface area contributed by atoms with Gasteiger partial charge in [0, 0.05) is 32.2 Å². The largest absolute Gasteiger partial charge is 0.481 e. The van der Waals surface area contributed by atoms with Crippen LogP contribution in [0.5, 0.6) is 0 Å². The zero-order valence-corrected chi connectivity index (χ0v) is 13.1. The van der Waals surface area contributed by atoms with Crippen molar-refractivity contribution in [2.24, 2.45) is 5.92 Å². The molecule has 0 unspecified atom stereocenters. The van der Waals surface area contributed by atoms with Crippen molar-refractivity contribution in [1.29, 1.82) is 0 Å². The number of hydrogen-bond donors (Lipinski definition) is 1. The lowest BCUT2D eigenvalue weighted by Gasteiger charge is -2.36. The van der Waals surface area contributed by atoms with Gasteiger partial charge in [-0.15, -0.1) is 0 Å². The third-order valence-electron chi connectivity index (χ3n) is 4.84. The van der Waals surface area contributed by atoms with Crippen LogP contribution in [0.1, 0.15) is 25.7 Å². The summed E-state index contributed by atoms with van der Waals surface area (Å²) < 4.78 is 0. The SMILES string of the molecule is CN(C)C1CCN(CC(=O)N2CCC(C(=O)O)CC2)CC1. The molecule has 1 N–H and O–H groups in total. The van der Waals surface area contributed by atoms with Crippen LogP contribution in [0, 0.1) is 5.92 Å². The lowest BCUT2D eigenvalue weighted by Crippen LogP contribution is -2.48. The number of carbonyl (C=O) groups is 2. The van der Waals surface area contributed by atoms with E-state index in [1.54, 1.807) is 0 Å². The van der Waals surface area contributed by atoms with Crippen molar-refractivity contribution in [3.8, 4) is 0 Å². The van der Waals surface area contributed by atoms with E-state index in [1.807, 2.05) is 4.90 Å². The van der Waals surface area contributed by atoms with Crippen molar-refractivity contribution in [2.75, 3.05) is 46.8 Å². The topological polar surface area (TPSA) is 64.1 Å². The molecule has 2 aliphatic rings. The van der Waals surface area contributed by atoms with Crippen molar-refractivity contribution in [1.82, 2.24) is 14.7 Å². The number of hydrogen-bond acceptors (Lipinski definition) is 4. The van der Waals surface area contributed by atoms with Gasteiger partial charge in [0.15, 0.2) is 0 Å². The Morgan fingerprint density at radius 2 is 1.62 bits per heavy atom. The van der Waals surface area contributed by atoms with E-state index < -0.39 is 5.97 Å². The Labute approximate surface area is 126 Å². The average Bonchev–Trinajstić information content (AvgIpc) is 2.47. The van der Waals surface area contributed by atoms with E-state index in [1.165, 1.54) is 0 Å². The molecule has 0 bridgehead atoms. The van der Waals surface area contributed by atoms with Crippen LogP contribution in [0.15, 0.2) is 0 Å². The lowest BCUT2D eigenvalue weighted by atomic mass is 9.97. The predicted octanol–water partition coefficient (Wildman–Crippen LogP) is 0.336. The minimum atomic E-state index is -0.729. The minimum absolute atomic E-state index is 0.155. The molecule has 0 aromatic rings. The fourth-order valence-electron chi connectivity index (χ4n) is 3.26. The van der Waals surface area contributed by atoms with Gasteiger partial charge in [-0.3, -0.25) is 14.5 Å². The molecule has 1 amide bonds. The number of carboxylic acid groups (broad SMARTS) is 1. The lowest BCUT2D eigenvalue weighted by molar-refractivity contribution is -0.146. The third-order valence-corrected chi connectivity index (χ3v) is 4.84. The highest BCUT2D eigenvalue weighted by Gasteiger charge is 2.28. The van der Waals surface area contributed by atoms with Crippen LogP contribution >= 0.6 is 0 Å². The number of carboxylic acids is 1. The molecule has 0 saturated carbocycles. The Balaban J connectivity index is 1.72. The molecule has 0 aliphatic carbocycles. The van der Waals surface area contributed by atoms with Gasteiger partial charge in [-0.05, 0) is 39.8 Å². The first-order valence-corrected chi connectivity index (χ1v) is 7.86. The number of nitrogens with zero attached hydrogens (tertiary/aromatic N) is 3. The van der Waals surface area contributed by atoms with Crippen molar-refractivity contribution in [3.63, 3.8) is 0 Å². The first-order chi connectivity index (χ1) is 9.97. The van der Waals surface area contributed by atoms with Gasteiger partial charge in [-0.1, -0.05) is 0 Å². The van der Waals surface area contributed by atoms with Crippen LogP contribution in [0.25, 0.3) is 0 Å². The maximum Gasteiger partial charge on any atom is 0.306 e. The van der Waals surface area contributed by atoms with Crippen molar-refractivity contribution >= 4 is 11.9 Å². The van der Waals surface area contributed by atoms with E-state index in [4.69, 9.17) is 5.11 Å². The zero-order valence-electron chi connectivity index (χ0n) is 13.1. The summed E-state index contributed by atoms with van der Waals surface area (Å²) in [6, 6.07) is 0.627. The van der Waals surface area contributed by atoms with Crippen LogP contribution in [0.3, 0.4) is 0 Å². The average molecular weight is 297 g/mol. The predicted molar refractivity (Wildman–Crippen MR) is 80.1 cm³/mol. The summed E-state index contributed by atoms with van der Waals surface area (Å²) in [6.07, 6.45) is 3.40. The quantitative estimate of drug-likeness (QED) is 0.810. The number of rotatable bonds is 4. The number of piperidine rings is 2. The standard InChI is InChI=1S/C15H27N3O3/c1-16(2)13-5-7-17(8-6-13)11-14(19)18-9-3-12(4-10-18)15(20)21/h12-13H,3-11H2,1-2H3,(H,20,21). The summed E-state index contributed by atoms with van der Waals surface area (Å²) in [7, 11) is 4.22. The second-order valence-electron chi connectivity index (χ2n) is 6.46. The summed E-state index contributed by atoms with van der Waals surface area (Å²) in [4.78, 5) is 29.5. The van der Waals surface area contributed by atoms with Gasteiger partial charge in [0.05, 0.1) is 12.5 Å². The molecule has 2 saturated heterocycles. The van der Waals surface area contributed by atoms with Crippen molar-refractivity contribution < 1.29 is 14.7 Å². The molecule has 0 radical (unpaired) electrons. The Hall–Kier alpha value is -1.14. The summed E-state index contributed by atoms with van der Waals surface area (Å²) in [5, 5.41) is 8.98. The van der Waals surface area contributed by atoms with Gasteiger partial charge in [-0.25, -0.2) is 0 Å². The normalized spacial score (nSPS) is 22.7. The van der Waals surface area contributed by atoms with E-state index in [9.17, 15) is 9.59 Å². The zero-order chi connectivity index (χ0) is 15.4. The highest BCUT2D eigenvalue weighted by Crippen LogP contribution is 2.18. The molecule has 0 spiro atoms. The first-order valence-electron chi connectivity index (χ1n) is 7.86. The summed E-state index contributed by atoms with van der Waals surface area (Å²) in [6.45, 7) is 3.60. The molecule has 2 fully saturated rings. The van der Waals surface area contributed by atoms with E-state index >= 15 is 0 Å². The van der Waals surface area contributed by atoms with Crippen molar-refractivity contribution in [2.45, 2.75) is 31.7 Å². The molecule has 21 heavy (non-hydrogen) atoms. The highest BCUT2D eigenvalue weighted by atomic mass is 16.4. The molecule has 0 aromatic carbocycles. The molecule has 2 heterocycles. The first kappa shape index (κ1) is 16.2. The molecule has 2 aliphatic heterocycles. The highest BCUT2D eigenvalue weighted by molar-refractivity contribution is 5.79. The number of aliphatic carboxylic acids is 1. The van der Waals surface area contributed by atoms with Gasteiger partial charge < -0.3 is 14.9 Å². The van der Waals surface area contributed by atoms with Crippen LogP contribution in [0.4, 0.5) is 0 Å². The molecule has 120 valence electrons. The minimum Gasteiger partial charge on any atom is -0.481 e. The fourth-order valence-corrected chi connectivity index (χ4v) is 3.26. The van der Waals surface area contributed by atoms with E-state index in [2.05, 4.69) is 23.9 Å². The maximum absolute atomic E-state index is 12.3. The summed E-state index contributed by atoms with van der Waals surface area (Å²) in [5.41, 5.74) is 0. The van der Waals surface area contributed by atoms with Crippen molar-refractivity contribution in [3.05, 3.63) is 0 Å². The second-order valence-corrected chi connectivity index (χ2v) is 6.46. The molecule has 2 rings (SSSR count). The van der Waals surface area contributed by atoms with E-state index in [0.29, 0.717) is 38.5 Å². The Bertz CT molecular complexity index is 370. The van der Waals surface area contributed by atoms with Crippen LogP contribution in [-0.2, 0) is 9.59 Å². The molecular weight excluding hydrogens is 270 g/mol. The second kappa shape index (κ2) is 7.22. The Kier molecular flexibility index (Phi) is 5.58. The fraction of sp³-hybridized carbons (Fsp3) is 0.867. The van der Waals surface area contributed by atoms with Gasteiger partial charge in [-0.2, -0.15) is 0 Å². The summed E-state index contributed by atoms with van der Waals surface area (Å²) in [5.74, 6) is -0.847. The number of amides is 1. The summed E-state index contributed by atoms with van der Waals surface area (Å²) >= 11 is 0. The Morgan fingerprint density at radius 3 is 2.10 bits per heavy atom. The number of carbonyl (C=O) groups excluding carboxylic acids is 1. The molecule has 0 atom stereocenters. The maximum atomic E-state index is 12.3. The van der Waals surface area contributed by atoms with Gasteiger partial charge in [0.1, 0.15) is 0 Å². The van der Waals surface area contributed by atoms with Gasteiger partial charge in [0.2, 0.25) is 5.91 Å². The molecule has 0 aromatic heterocycles. The molecular formula is C15H27N3O3. The molecule has 6 nitrogen and oxygen atoms in total. The molecule has 6 heteroatoms. The number of likely N-dealkylation sites (tertiary alicyclic amines) is 2.